The van der Waals surface area contributed by atoms with Crippen molar-refractivity contribution in [2.75, 3.05) is 20.2 Å². The molecule has 42 heavy (non-hydrogen) atoms. The molecule has 0 bridgehead atoms. The van der Waals surface area contributed by atoms with E-state index in [1.165, 1.54) is 16.1 Å². The molecule has 224 valence electrons. The Morgan fingerprint density at radius 1 is 0.976 bits per heavy atom. The lowest BCUT2D eigenvalue weighted by molar-refractivity contribution is -0.136. The third-order valence-corrected chi connectivity index (χ3v) is 7.27. The van der Waals surface area contributed by atoms with Gasteiger partial charge >= 0.3 is 5.97 Å². The molecule has 0 aromatic heterocycles. The van der Waals surface area contributed by atoms with Gasteiger partial charge in [0.05, 0.1) is 19.6 Å². The number of ether oxygens (including phenoxy) is 1. The Morgan fingerprint density at radius 2 is 1.69 bits per heavy atom. The normalized spacial score (nSPS) is 11.7. The van der Waals surface area contributed by atoms with Crippen LogP contribution in [0, 0.1) is 0 Å². The zero-order valence-corrected chi connectivity index (χ0v) is 25.9. The van der Waals surface area contributed by atoms with Crippen molar-refractivity contribution in [1.82, 2.24) is 9.91 Å². The Hall–Kier alpha value is -4.13. The molecule has 0 aliphatic rings. The van der Waals surface area contributed by atoms with Crippen LogP contribution in [0.25, 0.3) is 11.1 Å². The molecule has 3 rings (SSSR count). The fourth-order valence-corrected chi connectivity index (χ4v) is 4.75. The zero-order valence-electron chi connectivity index (χ0n) is 25.9. The fourth-order valence-electron chi connectivity index (χ4n) is 4.75. The predicted molar refractivity (Wildman–Crippen MR) is 170 cm³/mol. The second-order valence-electron chi connectivity index (χ2n) is 11.6. The Labute approximate surface area is 250 Å². The minimum Gasteiger partial charge on any atom is -0.494 e. The number of nitrogens with zero attached hydrogens (tertiary/aromatic N) is 3. The van der Waals surface area contributed by atoms with Crippen LogP contribution < -0.4 is 4.74 Å². The summed E-state index contributed by atoms with van der Waals surface area (Å²) in [6, 6.07) is 22.4. The number of amides is 1. The first kappa shape index (κ1) is 32.4. The number of hydrogen-bond acceptors (Lipinski definition) is 4. The minimum absolute atomic E-state index is 0.0784. The lowest BCUT2D eigenvalue weighted by Crippen LogP contribution is -2.30. The first-order chi connectivity index (χ1) is 20.0. The van der Waals surface area contributed by atoms with Crippen LogP contribution in [0.2, 0.25) is 0 Å². The molecule has 3 aromatic rings. The molecule has 0 saturated carbocycles. The number of amidine groups is 1. The molecule has 0 saturated heterocycles. The number of rotatable bonds is 14. The summed E-state index contributed by atoms with van der Waals surface area (Å²) in [5, 5.41) is 15.6. The third kappa shape index (κ3) is 9.47. The van der Waals surface area contributed by atoms with Gasteiger partial charge in [0.1, 0.15) is 11.6 Å². The third-order valence-electron chi connectivity index (χ3n) is 7.27. The smallest absolute Gasteiger partial charge is 0.307 e. The van der Waals surface area contributed by atoms with Crippen LogP contribution in [0.4, 0.5) is 0 Å². The molecule has 0 aliphatic heterocycles. The monoisotopic (exact) mass is 571 g/mol. The van der Waals surface area contributed by atoms with E-state index in [-0.39, 0.29) is 11.8 Å². The molecule has 7 nitrogen and oxygen atoms in total. The number of benzene rings is 3. The van der Waals surface area contributed by atoms with Crippen LogP contribution in [0.5, 0.6) is 5.75 Å². The van der Waals surface area contributed by atoms with Crippen molar-refractivity contribution < 1.29 is 19.4 Å². The van der Waals surface area contributed by atoms with Crippen molar-refractivity contribution in [1.29, 1.82) is 0 Å². The van der Waals surface area contributed by atoms with Crippen molar-refractivity contribution in [3.63, 3.8) is 0 Å². The molecular weight excluding hydrogens is 526 g/mol. The van der Waals surface area contributed by atoms with E-state index < -0.39 is 5.97 Å². The van der Waals surface area contributed by atoms with Gasteiger partial charge in [-0.1, -0.05) is 75.4 Å². The van der Waals surface area contributed by atoms with Crippen LogP contribution >= 0.6 is 0 Å². The molecule has 0 heterocycles. The van der Waals surface area contributed by atoms with E-state index in [0.717, 1.165) is 54.7 Å². The first-order valence-corrected chi connectivity index (χ1v) is 14.7. The molecule has 3 aromatic carbocycles. The van der Waals surface area contributed by atoms with Gasteiger partial charge in [-0.2, -0.15) is 5.10 Å². The highest BCUT2D eigenvalue weighted by molar-refractivity contribution is 5.82. The molecule has 1 N–H and O–H groups in total. The lowest BCUT2D eigenvalue weighted by Gasteiger charge is -2.23. The van der Waals surface area contributed by atoms with Gasteiger partial charge in [-0.25, -0.2) is 5.01 Å². The van der Waals surface area contributed by atoms with Crippen molar-refractivity contribution in [3.8, 4) is 16.9 Å². The highest BCUT2D eigenvalue weighted by Crippen LogP contribution is 2.28. The van der Waals surface area contributed by atoms with E-state index in [0.29, 0.717) is 24.5 Å². The number of hydrogen-bond donors (Lipinski definition) is 1. The molecule has 0 fully saturated rings. The van der Waals surface area contributed by atoms with Gasteiger partial charge in [-0.15, -0.1) is 0 Å². The molecular formula is C35H45N3O4. The highest BCUT2D eigenvalue weighted by Gasteiger charge is 2.15. The summed E-state index contributed by atoms with van der Waals surface area (Å²) in [5.74, 6) is 0.595. The number of hydrazone groups is 1. The fraction of sp³-hybridized carbons (Fsp3) is 0.400. The van der Waals surface area contributed by atoms with Crippen LogP contribution in [0.1, 0.15) is 69.7 Å². The van der Waals surface area contributed by atoms with E-state index in [4.69, 9.17) is 9.84 Å². The number of carbonyl (C=O) groups excluding carboxylic acids is 1. The molecule has 7 heteroatoms. The highest BCUT2D eigenvalue weighted by atomic mass is 16.5. The van der Waals surface area contributed by atoms with Crippen LogP contribution in [-0.4, -0.2) is 53.4 Å². The number of carboxylic acids is 1. The van der Waals surface area contributed by atoms with Crippen LogP contribution in [0.3, 0.4) is 0 Å². The van der Waals surface area contributed by atoms with Gasteiger partial charge in [0.25, 0.3) is 0 Å². The average molecular weight is 572 g/mol. The SMILES string of the molecule is CCOc1ccc(-c2cccc(CCC/C(=N/N(C=O)Cc3ccc(C(C)(C)C)cc3)N(C)CC)c2)cc1CC(=O)O. The topological polar surface area (TPSA) is 82.4 Å². The predicted octanol–water partition coefficient (Wildman–Crippen LogP) is 6.92. The maximum atomic E-state index is 11.9. The molecule has 0 unspecified atom stereocenters. The lowest BCUT2D eigenvalue weighted by atomic mass is 9.87. The van der Waals surface area contributed by atoms with E-state index in [2.05, 4.69) is 69.0 Å². The van der Waals surface area contributed by atoms with Gasteiger partial charge in [-0.3, -0.25) is 9.59 Å². The van der Waals surface area contributed by atoms with Crippen molar-refractivity contribution in [2.24, 2.45) is 5.10 Å². The summed E-state index contributed by atoms with van der Waals surface area (Å²) >= 11 is 0. The molecule has 0 aliphatic carbocycles. The number of carbonyl (C=O) groups is 2. The number of aliphatic carboxylic acids is 1. The maximum absolute atomic E-state index is 11.9. The zero-order chi connectivity index (χ0) is 30.7. The standard InChI is InChI=1S/C35H45N3O4/c1-7-37(6)33(36-38(25-39)24-27-15-18-31(19-16-27)35(3,4)5)14-10-12-26-11-9-13-28(21-26)29-17-20-32(42-8-2)30(22-29)23-34(40)41/h9,11,13,15-22,25H,7-8,10,12,14,23-24H2,1-6H3,(H,40,41)/b36-33-. The van der Waals surface area contributed by atoms with Crippen molar-refractivity contribution >= 4 is 18.2 Å². The molecule has 0 spiro atoms. The summed E-state index contributed by atoms with van der Waals surface area (Å²) < 4.78 is 5.64. The minimum atomic E-state index is -0.886. The summed E-state index contributed by atoms with van der Waals surface area (Å²) in [6.45, 7) is 12.2. The van der Waals surface area contributed by atoms with Gasteiger partial charge in [0.2, 0.25) is 6.41 Å². The number of carboxylic acid groups (broad SMARTS) is 1. The van der Waals surface area contributed by atoms with Gasteiger partial charge in [-0.05, 0) is 72.1 Å². The quantitative estimate of drug-likeness (QED) is 0.0983. The summed E-state index contributed by atoms with van der Waals surface area (Å²) in [6.07, 6.45) is 3.15. The Bertz CT molecular complexity index is 1360. The van der Waals surface area contributed by atoms with E-state index >= 15 is 0 Å². The molecule has 1 amide bonds. The first-order valence-electron chi connectivity index (χ1n) is 14.7. The van der Waals surface area contributed by atoms with Crippen LogP contribution in [-0.2, 0) is 34.4 Å². The van der Waals surface area contributed by atoms with Gasteiger partial charge in [0, 0.05) is 25.6 Å². The second-order valence-corrected chi connectivity index (χ2v) is 11.6. The van der Waals surface area contributed by atoms with Gasteiger partial charge < -0.3 is 14.7 Å². The second kappa shape index (κ2) is 15.2. The van der Waals surface area contributed by atoms with Crippen molar-refractivity contribution in [2.45, 2.75) is 72.3 Å². The largest absolute Gasteiger partial charge is 0.494 e. The number of aryl methyl sites for hydroxylation is 1. The van der Waals surface area contributed by atoms with E-state index in [9.17, 15) is 14.7 Å². The van der Waals surface area contributed by atoms with E-state index in [1.54, 1.807) is 0 Å². The summed E-state index contributed by atoms with van der Waals surface area (Å²) in [7, 11) is 2.00. The van der Waals surface area contributed by atoms with Crippen molar-refractivity contribution in [3.05, 3.63) is 89.0 Å². The maximum Gasteiger partial charge on any atom is 0.307 e. The summed E-state index contributed by atoms with van der Waals surface area (Å²) in [5.41, 5.74) is 6.22. The Kier molecular flexibility index (Phi) is 11.7. The average Bonchev–Trinajstić information content (AvgIpc) is 2.96. The van der Waals surface area contributed by atoms with Crippen LogP contribution in [0.15, 0.2) is 71.8 Å². The Balaban J connectivity index is 1.71. The molecule has 0 radical (unpaired) electrons. The molecule has 0 atom stereocenters. The Morgan fingerprint density at radius 3 is 2.31 bits per heavy atom. The summed E-state index contributed by atoms with van der Waals surface area (Å²) in [4.78, 5) is 25.4. The van der Waals surface area contributed by atoms with Gasteiger partial charge in [0.15, 0.2) is 0 Å². The van der Waals surface area contributed by atoms with E-state index in [1.807, 2.05) is 44.3 Å².